The second kappa shape index (κ2) is 8.30. The van der Waals surface area contributed by atoms with Gasteiger partial charge in [0.15, 0.2) is 0 Å². The molecule has 0 bridgehead atoms. The van der Waals surface area contributed by atoms with Crippen LogP contribution in [0.2, 0.25) is 0 Å². The summed E-state index contributed by atoms with van der Waals surface area (Å²) in [6.07, 6.45) is 3.98. The first-order valence-corrected chi connectivity index (χ1v) is 12.2. The van der Waals surface area contributed by atoms with Crippen molar-refractivity contribution in [1.82, 2.24) is 0 Å². The molecule has 3 aromatic rings. The average molecular weight is 508 g/mol. The van der Waals surface area contributed by atoms with Crippen molar-refractivity contribution in [2.24, 2.45) is 4.99 Å². The summed E-state index contributed by atoms with van der Waals surface area (Å²) in [4.78, 5) is 34.0. The van der Waals surface area contributed by atoms with Crippen LogP contribution >= 0.6 is 27.3 Å². The molecule has 0 unspecified atom stereocenters. The van der Waals surface area contributed by atoms with E-state index in [-0.39, 0.29) is 11.8 Å². The minimum Gasteiger partial charge on any atom is -0.322 e. The molecule has 7 heteroatoms. The number of carbonyl (C=O) groups excluding carboxylic acids is 2. The Morgan fingerprint density at radius 3 is 2.66 bits per heavy atom. The Labute approximate surface area is 199 Å². The Morgan fingerprint density at radius 1 is 1.12 bits per heavy atom. The number of aliphatic imine (C=N–C) groups is 1. The normalized spacial score (nSPS) is 16.3. The Morgan fingerprint density at radius 2 is 1.88 bits per heavy atom. The molecule has 0 spiro atoms. The lowest BCUT2D eigenvalue weighted by atomic mass is 9.95. The number of anilines is 2. The third kappa shape index (κ3) is 3.69. The largest absolute Gasteiger partial charge is 0.322 e. The number of nitrogens with zero attached hydrogens (tertiary/aromatic N) is 2. The lowest BCUT2D eigenvalue weighted by molar-refractivity contribution is -0.111. The van der Waals surface area contributed by atoms with Crippen LogP contribution < -0.4 is 10.2 Å². The number of carbonyl (C=O) groups is 2. The first-order valence-electron chi connectivity index (χ1n) is 10.6. The number of hydrogen-bond donors (Lipinski definition) is 1. The summed E-state index contributed by atoms with van der Waals surface area (Å²) in [5.74, 6) is -0.324. The van der Waals surface area contributed by atoms with Gasteiger partial charge in [-0.3, -0.25) is 9.59 Å². The van der Waals surface area contributed by atoms with Crippen molar-refractivity contribution in [2.45, 2.75) is 32.6 Å². The third-order valence-electron chi connectivity index (χ3n) is 5.98. The van der Waals surface area contributed by atoms with Gasteiger partial charge in [0.2, 0.25) is 0 Å². The minimum atomic E-state index is -0.166. The lowest BCUT2D eigenvalue weighted by Crippen LogP contribution is -2.25. The number of amides is 2. The standard InChI is InChI=1S/C25H22BrN3O2S/c1-14-7-10-16(11-8-14)27-23(30)21-17-5-3-4-6-20(17)32-24(21)28-22-18-13-15(26)9-12-19(18)29(2)25(22)31/h7-13H,3-6H2,1-2H3,(H,27,30). The van der Waals surface area contributed by atoms with Gasteiger partial charge in [-0.15, -0.1) is 11.3 Å². The van der Waals surface area contributed by atoms with E-state index < -0.39 is 0 Å². The van der Waals surface area contributed by atoms with Crippen molar-refractivity contribution in [3.8, 4) is 0 Å². The van der Waals surface area contributed by atoms with Gasteiger partial charge >= 0.3 is 0 Å². The second-order valence-electron chi connectivity index (χ2n) is 8.20. The summed E-state index contributed by atoms with van der Waals surface area (Å²) in [7, 11) is 1.75. The lowest BCUT2D eigenvalue weighted by Gasteiger charge is -2.13. The number of nitrogens with one attached hydrogen (secondary N) is 1. The van der Waals surface area contributed by atoms with E-state index in [9.17, 15) is 9.59 Å². The van der Waals surface area contributed by atoms with Gasteiger partial charge in [-0.05, 0) is 68.5 Å². The van der Waals surface area contributed by atoms with E-state index in [1.165, 1.54) is 4.88 Å². The molecule has 0 atom stereocenters. The van der Waals surface area contributed by atoms with Crippen LogP contribution in [-0.4, -0.2) is 24.6 Å². The van der Waals surface area contributed by atoms with Gasteiger partial charge in [0.05, 0.1) is 11.3 Å². The molecule has 1 aromatic heterocycles. The summed E-state index contributed by atoms with van der Waals surface area (Å²) in [5.41, 5.74) is 5.56. The number of likely N-dealkylation sites (N-methyl/N-ethyl adjacent to an activating group) is 1. The Balaban J connectivity index is 1.60. The molecule has 1 N–H and O–H groups in total. The number of halogens is 1. The van der Waals surface area contributed by atoms with Crippen LogP contribution in [0.15, 0.2) is 51.9 Å². The van der Waals surface area contributed by atoms with Crippen molar-refractivity contribution in [2.75, 3.05) is 17.3 Å². The van der Waals surface area contributed by atoms with Gasteiger partial charge < -0.3 is 10.2 Å². The third-order valence-corrected chi connectivity index (χ3v) is 7.66. The quantitative estimate of drug-likeness (QED) is 0.469. The van der Waals surface area contributed by atoms with Crippen molar-refractivity contribution in [1.29, 1.82) is 0 Å². The van der Waals surface area contributed by atoms with E-state index in [1.807, 2.05) is 49.4 Å². The number of benzene rings is 2. The van der Waals surface area contributed by atoms with E-state index in [2.05, 4.69) is 21.2 Å². The smallest absolute Gasteiger partial charge is 0.277 e. The van der Waals surface area contributed by atoms with E-state index in [1.54, 1.807) is 23.3 Å². The van der Waals surface area contributed by atoms with E-state index >= 15 is 0 Å². The van der Waals surface area contributed by atoms with Crippen molar-refractivity contribution < 1.29 is 9.59 Å². The molecule has 2 amide bonds. The molecule has 0 saturated carbocycles. The SMILES string of the molecule is Cc1ccc(NC(=O)c2c(N=C3C(=O)N(C)c4ccc(Br)cc43)sc3c2CCCC3)cc1. The molecular formula is C25H22BrN3O2S. The molecule has 0 saturated heterocycles. The fourth-order valence-corrected chi connectivity index (χ4v) is 5.90. The number of thiophene rings is 1. The van der Waals surface area contributed by atoms with Crippen molar-refractivity contribution in [3.05, 3.63) is 74.1 Å². The van der Waals surface area contributed by atoms with Crippen LogP contribution in [0.1, 0.15) is 44.8 Å². The zero-order valence-electron chi connectivity index (χ0n) is 17.9. The Bertz CT molecular complexity index is 1280. The van der Waals surface area contributed by atoms with Gasteiger partial charge in [-0.25, -0.2) is 4.99 Å². The summed E-state index contributed by atoms with van der Waals surface area (Å²) in [5, 5.41) is 3.65. The van der Waals surface area contributed by atoms with Crippen LogP contribution in [0.5, 0.6) is 0 Å². The zero-order valence-corrected chi connectivity index (χ0v) is 20.3. The highest BCUT2D eigenvalue weighted by atomic mass is 79.9. The first-order chi connectivity index (χ1) is 15.4. The van der Waals surface area contributed by atoms with E-state index in [0.29, 0.717) is 16.3 Å². The highest BCUT2D eigenvalue weighted by Gasteiger charge is 2.33. The van der Waals surface area contributed by atoms with Crippen LogP contribution in [0.4, 0.5) is 16.4 Å². The molecule has 2 aliphatic rings. The maximum absolute atomic E-state index is 13.4. The second-order valence-corrected chi connectivity index (χ2v) is 10.2. The van der Waals surface area contributed by atoms with E-state index in [4.69, 9.17) is 4.99 Å². The zero-order chi connectivity index (χ0) is 22.4. The Hall–Kier alpha value is -2.77. The van der Waals surface area contributed by atoms with Gasteiger partial charge in [0.1, 0.15) is 10.7 Å². The predicted octanol–water partition coefficient (Wildman–Crippen LogP) is 6.05. The molecule has 162 valence electrons. The molecule has 2 heterocycles. The van der Waals surface area contributed by atoms with Crippen molar-refractivity contribution in [3.63, 3.8) is 0 Å². The van der Waals surface area contributed by atoms with E-state index in [0.717, 1.165) is 58.2 Å². The molecule has 5 rings (SSSR count). The summed E-state index contributed by atoms with van der Waals surface area (Å²) < 4.78 is 0.884. The number of aryl methyl sites for hydroxylation is 2. The average Bonchev–Trinajstić information content (AvgIpc) is 3.26. The maximum Gasteiger partial charge on any atom is 0.277 e. The van der Waals surface area contributed by atoms with Crippen LogP contribution in [0, 0.1) is 6.92 Å². The number of fused-ring (bicyclic) bond motifs is 2. The maximum atomic E-state index is 13.4. The molecule has 0 radical (unpaired) electrons. The number of hydrogen-bond acceptors (Lipinski definition) is 4. The summed E-state index contributed by atoms with van der Waals surface area (Å²) in [6.45, 7) is 2.01. The molecule has 2 aromatic carbocycles. The first kappa shape index (κ1) is 21.1. The van der Waals surface area contributed by atoms with Crippen molar-refractivity contribution >= 4 is 61.2 Å². The molecule has 1 aliphatic carbocycles. The minimum absolute atomic E-state index is 0.158. The summed E-state index contributed by atoms with van der Waals surface area (Å²) >= 11 is 5.04. The van der Waals surface area contributed by atoms with Crippen LogP contribution in [-0.2, 0) is 17.6 Å². The van der Waals surface area contributed by atoms with Gasteiger partial charge in [0.25, 0.3) is 11.8 Å². The topological polar surface area (TPSA) is 61.8 Å². The van der Waals surface area contributed by atoms with Crippen LogP contribution in [0.3, 0.4) is 0 Å². The summed E-state index contributed by atoms with van der Waals surface area (Å²) in [6, 6.07) is 13.5. The Kier molecular flexibility index (Phi) is 5.47. The molecule has 1 aliphatic heterocycles. The molecule has 5 nitrogen and oxygen atoms in total. The monoisotopic (exact) mass is 507 g/mol. The molecule has 0 fully saturated rings. The molecule has 32 heavy (non-hydrogen) atoms. The van der Waals surface area contributed by atoms with Crippen LogP contribution in [0.25, 0.3) is 0 Å². The molecular weight excluding hydrogens is 486 g/mol. The van der Waals surface area contributed by atoms with Gasteiger partial charge in [-0.2, -0.15) is 0 Å². The predicted molar refractivity (Wildman–Crippen MR) is 134 cm³/mol. The fourth-order valence-electron chi connectivity index (χ4n) is 4.28. The highest BCUT2D eigenvalue weighted by Crippen LogP contribution is 2.42. The van der Waals surface area contributed by atoms with Gasteiger partial charge in [0, 0.05) is 27.6 Å². The fraction of sp³-hybridized carbons (Fsp3) is 0.240. The van der Waals surface area contributed by atoms with Gasteiger partial charge in [-0.1, -0.05) is 33.6 Å². The highest BCUT2D eigenvalue weighted by molar-refractivity contribution is 9.10. The number of rotatable bonds is 3.